The summed E-state index contributed by atoms with van der Waals surface area (Å²) in [5, 5.41) is 3.09. The lowest BCUT2D eigenvalue weighted by Crippen LogP contribution is -2.21. The average Bonchev–Trinajstić information content (AvgIpc) is 2.73. The van der Waals surface area contributed by atoms with Crippen LogP contribution in [0.4, 0.5) is 5.69 Å². The van der Waals surface area contributed by atoms with Crippen LogP contribution in [0.3, 0.4) is 0 Å². The van der Waals surface area contributed by atoms with Crippen molar-refractivity contribution >= 4 is 40.9 Å². The maximum atomic E-state index is 12.3. The van der Waals surface area contributed by atoms with Gasteiger partial charge in [0.1, 0.15) is 0 Å². The average molecular weight is 412 g/mol. The molecule has 0 bridgehead atoms. The van der Waals surface area contributed by atoms with Gasteiger partial charge in [-0.1, -0.05) is 60.1 Å². The topological polar surface area (TPSA) is 55.4 Å². The highest BCUT2D eigenvalue weighted by atomic mass is 35.5. The van der Waals surface area contributed by atoms with E-state index in [1.165, 1.54) is 11.8 Å². The fourth-order valence-corrected chi connectivity index (χ4v) is 3.28. The van der Waals surface area contributed by atoms with E-state index in [4.69, 9.17) is 16.3 Å². The molecule has 0 aliphatic carbocycles. The molecule has 6 heteroatoms. The highest BCUT2D eigenvalue weighted by Crippen LogP contribution is 2.27. The molecule has 0 fully saturated rings. The summed E-state index contributed by atoms with van der Waals surface area (Å²) in [6.45, 7) is -0.401. The number of anilines is 1. The van der Waals surface area contributed by atoms with Gasteiger partial charge in [-0.2, -0.15) is 0 Å². The summed E-state index contributed by atoms with van der Waals surface area (Å²) in [4.78, 5) is 25.5. The Labute approximate surface area is 172 Å². The molecule has 1 N–H and O–H groups in total. The Morgan fingerprint density at radius 1 is 1.00 bits per heavy atom. The predicted octanol–water partition coefficient (Wildman–Crippen LogP) is 5.52. The van der Waals surface area contributed by atoms with Crippen LogP contribution in [-0.2, 0) is 9.53 Å². The van der Waals surface area contributed by atoms with Crippen LogP contribution in [0.15, 0.2) is 77.7 Å². The zero-order chi connectivity index (χ0) is 19.9. The smallest absolute Gasteiger partial charge is 0.340 e. The van der Waals surface area contributed by atoms with E-state index in [1.807, 2.05) is 60.9 Å². The first-order valence-corrected chi connectivity index (χ1v) is 10.1. The van der Waals surface area contributed by atoms with E-state index in [9.17, 15) is 9.59 Å². The van der Waals surface area contributed by atoms with Gasteiger partial charge >= 0.3 is 5.97 Å². The van der Waals surface area contributed by atoms with Crippen molar-refractivity contribution < 1.29 is 14.3 Å². The Hall–Kier alpha value is -2.76. The molecule has 0 aliphatic heterocycles. The molecule has 4 nitrogen and oxygen atoms in total. The van der Waals surface area contributed by atoms with Gasteiger partial charge in [0.25, 0.3) is 5.91 Å². The SMILES string of the molecule is CSc1ccc(Cl)c(C(=O)OCC(=O)Nc2ccccc2-c2ccccc2)c1. The molecule has 0 saturated carbocycles. The molecule has 3 rings (SSSR count). The first-order chi connectivity index (χ1) is 13.6. The standard InChI is InChI=1S/C22H18ClNO3S/c1-28-16-11-12-19(23)18(13-16)22(26)27-14-21(25)24-20-10-6-5-9-17(20)15-7-3-2-4-8-15/h2-13H,14H2,1H3,(H,24,25). The summed E-state index contributed by atoms with van der Waals surface area (Å²) in [6.07, 6.45) is 1.90. The largest absolute Gasteiger partial charge is 0.452 e. The second kappa shape index (κ2) is 9.44. The minimum atomic E-state index is -0.632. The third-order valence-electron chi connectivity index (χ3n) is 4.01. The zero-order valence-corrected chi connectivity index (χ0v) is 16.7. The van der Waals surface area contributed by atoms with E-state index < -0.39 is 18.5 Å². The molecule has 0 saturated heterocycles. The molecule has 1 amide bonds. The van der Waals surface area contributed by atoms with Crippen molar-refractivity contribution in [2.75, 3.05) is 18.2 Å². The van der Waals surface area contributed by atoms with Crippen LogP contribution in [0, 0.1) is 0 Å². The lowest BCUT2D eigenvalue weighted by atomic mass is 10.0. The molecule has 0 radical (unpaired) electrons. The van der Waals surface area contributed by atoms with Crippen molar-refractivity contribution in [3.63, 3.8) is 0 Å². The number of carbonyl (C=O) groups excluding carboxylic acids is 2. The van der Waals surface area contributed by atoms with E-state index in [0.717, 1.165) is 16.0 Å². The Balaban J connectivity index is 1.67. The van der Waals surface area contributed by atoms with Crippen molar-refractivity contribution in [3.05, 3.63) is 83.4 Å². The third-order valence-corrected chi connectivity index (χ3v) is 5.07. The van der Waals surface area contributed by atoms with Gasteiger partial charge in [-0.05, 0) is 36.1 Å². The Bertz CT molecular complexity index is 992. The number of amides is 1. The number of rotatable bonds is 6. The van der Waals surface area contributed by atoms with Crippen LogP contribution >= 0.6 is 23.4 Å². The van der Waals surface area contributed by atoms with Crippen molar-refractivity contribution in [2.24, 2.45) is 0 Å². The van der Waals surface area contributed by atoms with Crippen molar-refractivity contribution in [1.29, 1.82) is 0 Å². The summed E-state index contributed by atoms with van der Waals surface area (Å²) in [7, 11) is 0. The van der Waals surface area contributed by atoms with Crippen LogP contribution < -0.4 is 5.32 Å². The van der Waals surface area contributed by atoms with Crippen molar-refractivity contribution in [2.45, 2.75) is 4.90 Å². The molecule has 142 valence electrons. The van der Waals surface area contributed by atoms with E-state index in [2.05, 4.69) is 5.32 Å². The van der Waals surface area contributed by atoms with Gasteiger partial charge in [0.2, 0.25) is 0 Å². The van der Waals surface area contributed by atoms with Gasteiger partial charge in [0.05, 0.1) is 10.6 Å². The number of carbonyl (C=O) groups is 2. The molecular formula is C22H18ClNO3S. The quantitative estimate of drug-likeness (QED) is 0.428. The van der Waals surface area contributed by atoms with E-state index >= 15 is 0 Å². The summed E-state index contributed by atoms with van der Waals surface area (Å²) in [5.74, 6) is -1.05. The fraction of sp³-hybridized carbons (Fsp3) is 0.0909. The Morgan fingerprint density at radius 3 is 2.46 bits per heavy atom. The maximum absolute atomic E-state index is 12.3. The van der Waals surface area contributed by atoms with Crippen LogP contribution in [0.2, 0.25) is 5.02 Å². The molecule has 3 aromatic carbocycles. The Kier molecular flexibility index (Phi) is 6.74. The third kappa shape index (κ3) is 4.94. The number of hydrogen-bond acceptors (Lipinski definition) is 4. The first-order valence-electron chi connectivity index (χ1n) is 8.53. The summed E-state index contributed by atoms with van der Waals surface area (Å²) >= 11 is 7.56. The van der Waals surface area contributed by atoms with E-state index in [-0.39, 0.29) is 10.6 Å². The van der Waals surface area contributed by atoms with Crippen LogP contribution in [0.5, 0.6) is 0 Å². The number of para-hydroxylation sites is 1. The summed E-state index contributed by atoms with van der Waals surface area (Å²) in [5.41, 5.74) is 2.76. The first kappa shape index (κ1) is 20.0. The van der Waals surface area contributed by atoms with E-state index in [0.29, 0.717) is 5.69 Å². The second-order valence-electron chi connectivity index (χ2n) is 5.88. The number of esters is 1. The summed E-state index contributed by atoms with van der Waals surface area (Å²) in [6, 6.07) is 22.3. The van der Waals surface area contributed by atoms with Gasteiger partial charge < -0.3 is 10.1 Å². The number of halogens is 1. The molecule has 28 heavy (non-hydrogen) atoms. The minimum absolute atomic E-state index is 0.242. The van der Waals surface area contributed by atoms with Crippen molar-refractivity contribution in [3.8, 4) is 11.1 Å². The van der Waals surface area contributed by atoms with Crippen molar-refractivity contribution in [1.82, 2.24) is 0 Å². The maximum Gasteiger partial charge on any atom is 0.340 e. The van der Waals surface area contributed by atoms with Gasteiger partial charge in [-0.15, -0.1) is 11.8 Å². The second-order valence-corrected chi connectivity index (χ2v) is 7.17. The number of hydrogen-bond donors (Lipinski definition) is 1. The molecular weight excluding hydrogens is 394 g/mol. The normalized spacial score (nSPS) is 10.4. The van der Waals surface area contributed by atoms with Gasteiger partial charge in [-0.25, -0.2) is 4.79 Å². The van der Waals surface area contributed by atoms with Crippen LogP contribution in [0.1, 0.15) is 10.4 Å². The lowest BCUT2D eigenvalue weighted by Gasteiger charge is -2.12. The molecule has 0 aliphatic rings. The molecule has 0 spiro atoms. The number of benzene rings is 3. The monoisotopic (exact) mass is 411 g/mol. The highest BCUT2D eigenvalue weighted by molar-refractivity contribution is 7.98. The number of thioether (sulfide) groups is 1. The molecule has 0 unspecified atom stereocenters. The van der Waals surface area contributed by atoms with Gasteiger partial charge in [0.15, 0.2) is 6.61 Å². The number of ether oxygens (including phenoxy) is 1. The van der Waals surface area contributed by atoms with Gasteiger partial charge in [-0.3, -0.25) is 4.79 Å². The van der Waals surface area contributed by atoms with Crippen LogP contribution in [0.25, 0.3) is 11.1 Å². The zero-order valence-electron chi connectivity index (χ0n) is 15.1. The molecule has 3 aromatic rings. The molecule has 0 heterocycles. The fourth-order valence-electron chi connectivity index (χ4n) is 2.64. The summed E-state index contributed by atoms with van der Waals surface area (Å²) < 4.78 is 5.14. The molecule has 0 atom stereocenters. The predicted molar refractivity (Wildman–Crippen MR) is 114 cm³/mol. The van der Waals surface area contributed by atoms with E-state index in [1.54, 1.807) is 18.2 Å². The highest BCUT2D eigenvalue weighted by Gasteiger charge is 2.15. The lowest BCUT2D eigenvalue weighted by molar-refractivity contribution is -0.119. The number of nitrogens with one attached hydrogen (secondary N) is 1. The molecule has 0 aromatic heterocycles. The van der Waals surface area contributed by atoms with Gasteiger partial charge in [0, 0.05) is 16.1 Å². The Morgan fingerprint density at radius 2 is 1.71 bits per heavy atom. The minimum Gasteiger partial charge on any atom is -0.452 e. The van der Waals surface area contributed by atoms with Crippen LogP contribution in [-0.4, -0.2) is 24.7 Å².